The van der Waals surface area contributed by atoms with Gasteiger partial charge in [-0.2, -0.15) is 0 Å². The predicted octanol–water partition coefficient (Wildman–Crippen LogP) is 5.02. The summed E-state index contributed by atoms with van der Waals surface area (Å²) >= 11 is 0. The molecule has 5 nitrogen and oxygen atoms in total. The molecule has 6 rings (SSSR count). The number of hydrogen-bond donors (Lipinski definition) is 1. The van der Waals surface area contributed by atoms with Gasteiger partial charge >= 0.3 is 0 Å². The van der Waals surface area contributed by atoms with Crippen LogP contribution in [-0.2, 0) is 16.8 Å². The number of hydrogen-bond acceptors (Lipinski definition) is 4. The molecule has 2 aliphatic carbocycles. The second kappa shape index (κ2) is 8.94. The quantitative estimate of drug-likeness (QED) is 0.549. The Hall–Kier alpha value is -2.92. The Kier molecular flexibility index (Phi) is 5.76. The zero-order valence-corrected chi connectivity index (χ0v) is 20.3. The van der Waals surface area contributed by atoms with Gasteiger partial charge in [-0.05, 0) is 68.3 Å². The van der Waals surface area contributed by atoms with Crippen LogP contribution in [0.15, 0.2) is 70.1 Å². The first-order chi connectivity index (χ1) is 17.1. The molecule has 0 bridgehead atoms. The third kappa shape index (κ3) is 4.20. The van der Waals surface area contributed by atoms with Crippen molar-refractivity contribution in [3.63, 3.8) is 0 Å². The summed E-state index contributed by atoms with van der Waals surface area (Å²) in [5.74, 6) is 0.389. The second-order valence-electron chi connectivity index (χ2n) is 11.1. The van der Waals surface area contributed by atoms with Crippen LogP contribution in [-0.4, -0.2) is 30.4 Å². The molecule has 1 saturated heterocycles. The maximum absolute atomic E-state index is 13.2. The Morgan fingerprint density at radius 1 is 0.971 bits per heavy atom. The summed E-state index contributed by atoms with van der Waals surface area (Å²) in [7, 11) is 0. The molecule has 182 valence electrons. The number of nitrogens with zero attached hydrogens (tertiary/aromatic N) is 1. The van der Waals surface area contributed by atoms with Crippen molar-refractivity contribution in [2.75, 3.05) is 19.6 Å². The molecule has 1 spiro atoms. The molecular weight excluding hydrogens is 436 g/mol. The number of likely N-dealkylation sites (tertiary alicyclic amines) is 1. The van der Waals surface area contributed by atoms with Crippen LogP contribution >= 0.6 is 0 Å². The molecule has 3 aromatic rings. The average molecular weight is 471 g/mol. The molecule has 3 fully saturated rings. The minimum Gasteiger partial charge on any atom is -0.464 e. The zero-order valence-electron chi connectivity index (χ0n) is 20.3. The lowest BCUT2D eigenvalue weighted by atomic mass is 9.78. The van der Waals surface area contributed by atoms with E-state index in [0.717, 1.165) is 51.7 Å². The van der Waals surface area contributed by atoms with Crippen LogP contribution in [0.25, 0.3) is 11.0 Å². The molecule has 35 heavy (non-hydrogen) atoms. The SMILES string of the molecule is O=C(NCC1(c2ccccc2)CCCC1)C1CC12CCN(Cc1coc3ccccc3c1=O)CC2. The lowest BCUT2D eigenvalue weighted by Gasteiger charge is -2.33. The number of benzene rings is 2. The molecule has 1 atom stereocenters. The highest BCUT2D eigenvalue weighted by atomic mass is 16.3. The summed E-state index contributed by atoms with van der Waals surface area (Å²) in [6, 6.07) is 18.2. The number of piperidine rings is 1. The van der Waals surface area contributed by atoms with Gasteiger partial charge < -0.3 is 9.73 Å². The van der Waals surface area contributed by atoms with Crippen molar-refractivity contribution < 1.29 is 9.21 Å². The fourth-order valence-corrected chi connectivity index (χ4v) is 6.69. The standard InChI is InChI=1S/C30H34N2O3/c33-27-22(20-35-26-11-5-4-10-24(26)27)19-32-16-14-29(15-17-32)18-25(29)28(34)31-21-30(12-6-7-13-30)23-8-2-1-3-9-23/h1-5,8-11,20,25H,6-7,12-19,21H2,(H,31,34). The van der Waals surface area contributed by atoms with Crippen LogP contribution < -0.4 is 10.7 Å². The highest BCUT2D eigenvalue weighted by Crippen LogP contribution is 2.59. The molecular formula is C30H34N2O3. The minimum atomic E-state index is 0.0649. The van der Waals surface area contributed by atoms with Gasteiger partial charge in [-0.15, -0.1) is 0 Å². The third-order valence-electron chi connectivity index (χ3n) is 9.05. The van der Waals surface area contributed by atoms with E-state index in [-0.39, 0.29) is 28.1 Å². The largest absolute Gasteiger partial charge is 0.464 e. The Balaban J connectivity index is 1.05. The predicted molar refractivity (Wildman–Crippen MR) is 137 cm³/mol. The summed E-state index contributed by atoms with van der Waals surface area (Å²) in [5, 5.41) is 4.01. The number of carbonyl (C=O) groups excluding carboxylic acids is 1. The van der Waals surface area contributed by atoms with Crippen LogP contribution in [0.2, 0.25) is 0 Å². The van der Waals surface area contributed by atoms with Gasteiger partial charge in [0.1, 0.15) is 5.58 Å². The fourth-order valence-electron chi connectivity index (χ4n) is 6.69. The number of amides is 1. The highest BCUT2D eigenvalue weighted by molar-refractivity contribution is 5.82. The molecule has 1 amide bonds. The molecule has 1 aromatic heterocycles. The van der Waals surface area contributed by atoms with Crippen molar-refractivity contribution in [2.45, 2.75) is 56.9 Å². The lowest BCUT2D eigenvalue weighted by Crippen LogP contribution is -2.41. The van der Waals surface area contributed by atoms with Crippen LogP contribution in [0, 0.1) is 11.3 Å². The molecule has 5 heteroatoms. The monoisotopic (exact) mass is 470 g/mol. The number of para-hydroxylation sites is 1. The van der Waals surface area contributed by atoms with Gasteiger partial charge in [0, 0.05) is 30.0 Å². The summed E-state index contributed by atoms with van der Waals surface area (Å²) in [6.45, 7) is 3.21. The zero-order chi connectivity index (χ0) is 23.9. The molecule has 3 aliphatic rings. The third-order valence-corrected chi connectivity index (χ3v) is 9.05. The summed E-state index contributed by atoms with van der Waals surface area (Å²) < 4.78 is 5.70. The average Bonchev–Trinajstić information content (AvgIpc) is 3.38. The van der Waals surface area contributed by atoms with E-state index < -0.39 is 0 Å². The first kappa shape index (κ1) is 22.5. The van der Waals surface area contributed by atoms with E-state index >= 15 is 0 Å². The number of nitrogens with one attached hydrogen (secondary N) is 1. The van der Waals surface area contributed by atoms with Crippen molar-refractivity contribution in [1.29, 1.82) is 0 Å². The highest BCUT2D eigenvalue weighted by Gasteiger charge is 2.58. The van der Waals surface area contributed by atoms with Crippen LogP contribution in [0.4, 0.5) is 0 Å². The maximum atomic E-state index is 13.2. The van der Waals surface area contributed by atoms with Crippen molar-refractivity contribution >= 4 is 16.9 Å². The van der Waals surface area contributed by atoms with Crippen molar-refractivity contribution in [2.24, 2.45) is 11.3 Å². The van der Waals surface area contributed by atoms with Gasteiger partial charge in [-0.3, -0.25) is 14.5 Å². The van der Waals surface area contributed by atoms with E-state index in [1.807, 2.05) is 24.3 Å². The maximum Gasteiger partial charge on any atom is 0.223 e. The van der Waals surface area contributed by atoms with Gasteiger partial charge in [0.15, 0.2) is 5.43 Å². The van der Waals surface area contributed by atoms with Crippen molar-refractivity contribution in [3.8, 4) is 0 Å². The first-order valence-electron chi connectivity index (χ1n) is 13.1. The van der Waals surface area contributed by atoms with Gasteiger partial charge in [0.05, 0.1) is 11.6 Å². The Labute approximate surface area is 206 Å². The van der Waals surface area contributed by atoms with Crippen molar-refractivity contribution in [3.05, 3.63) is 82.2 Å². The van der Waals surface area contributed by atoms with E-state index in [0.29, 0.717) is 23.1 Å². The molecule has 0 radical (unpaired) electrons. The lowest BCUT2D eigenvalue weighted by molar-refractivity contribution is -0.123. The van der Waals surface area contributed by atoms with Gasteiger partial charge in [-0.25, -0.2) is 0 Å². The topological polar surface area (TPSA) is 62.6 Å². The minimum absolute atomic E-state index is 0.0649. The fraction of sp³-hybridized carbons (Fsp3) is 0.467. The van der Waals surface area contributed by atoms with Crippen molar-refractivity contribution in [1.82, 2.24) is 10.2 Å². The first-order valence-corrected chi connectivity index (χ1v) is 13.1. The van der Waals surface area contributed by atoms with Crippen LogP contribution in [0.1, 0.15) is 56.1 Å². The Morgan fingerprint density at radius 3 is 2.46 bits per heavy atom. The van der Waals surface area contributed by atoms with Crippen LogP contribution in [0.5, 0.6) is 0 Å². The number of carbonyl (C=O) groups is 1. The Bertz CT molecular complexity index is 1270. The molecule has 1 unspecified atom stereocenters. The Morgan fingerprint density at radius 2 is 1.69 bits per heavy atom. The van der Waals surface area contributed by atoms with Gasteiger partial charge in [0.25, 0.3) is 0 Å². The van der Waals surface area contributed by atoms with E-state index in [2.05, 4.69) is 40.5 Å². The summed E-state index contributed by atoms with van der Waals surface area (Å²) in [5.41, 5.74) is 3.04. The summed E-state index contributed by atoms with van der Waals surface area (Å²) in [4.78, 5) is 28.4. The molecule has 2 heterocycles. The molecule has 1 N–H and O–H groups in total. The molecule has 2 saturated carbocycles. The summed E-state index contributed by atoms with van der Waals surface area (Å²) in [6.07, 6.45) is 9.46. The van der Waals surface area contributed by atoms with Crippen LogP contribution in [0.3, 0.4) is 0 Å². The van der Waals surface area contributed by atoms with Gasteiger partial charge in [-0.1, -0.05) is 55.3 Å². The van der Waals surface area contributed by atoms with E-state index in [4.69, 9.17) is 4.42 Å². The number of fused-ring (bicyclic) bond motifs is 1. The van der Waals surface area contributed by atoms with E-state index in [1.165, 1.54) is 18.4 Å². The second-order valence-corrected chi connectivity index (χ2v) is 11.1. The smallest absolute Gasteiger partial charge is 0.223 e. The molecule has 2 aromatic carbocycles. The van der Waals surface area contributed by atoms with Gasteiger partial charge in [0.2, 0.25) is 5.91 Å². The number of rotatable bonds is 6. The van der Waals surface area contributed by atoms with E-state index in [1.54, 1.807) is 6.26 Å². The van der Waals surface area contributed by atoms with E-state index in [9.17, 15) is 9.59 Å². The molecule has 1 aliphatic heterocycles. The normalized spacial score (nSPS) is 22.9.